The lowest BCUT2D eigenvalue weighted by molar-refractivity contribution is 0.277. The summed E-state index contributed by atoms with van der Waals surface area (Å²) in [5.74, 6) is 0. The van der Waals surface area contributed by atoms with Crippen molar-refractivity contribution in [2.45, 2.75) is 46.5 Å². The molecule has 0 N–H and O–H groups in total. The molecule has 2 nitrogen and oxygen atoms in total. The molecule has 0 aromatic heterocycles. The van der Waals surface area contributed by atoms with Crippen molar-refractivity contribution in [3.63, 3.8) is 0 Å². The number of nitrogens with zero attached hydrogens (tertiary/aromatic N) is 2. The molecule has 0 spiro atoms. The van der Waals surface area contributed by atoms with Gasteiger partial charge < -0.3 is 9.80 Å². The van der Waals surface area contributed by atoms with Crippen molar-refractivity contribution in [3.8, 4) is 0 Å². The SMILES string of the molecule is CCC.CCN(C)C.CN1CCCCC1. The highest BCUT2D eigenvalue weighted by atomic mass is 15.1. The highest BCUT2D eigenvalue weighted by Crippen LogP contribution is 2.04. The fourth-order valence-electron chi connectivity index (χ4n) is 1.05. The highest BCUT2D eigenvalue weighted by molar-refractivity contribution is 4.58. The molecule has 2 heteroatoms. The number of hydrogen-bond donors (Lipinski definition) is 0. The molecule has 0 amide bonds. The van der Waals surface area contributed by atoms with Gasteiger partial charge in [-0.25, -0.2) is 0 Å². The summed E-state index contributed by atoms with van der Waals surface area (Å²) in [7, 11) is 6.30. The summed E-state index contributed by atoms with van der Waals surface area (Å²) in [5, 5.41) is 0. The normalized spacial score (nSPS) is 16.2. The average molecular weight is 216 g/mol. The summed E-state index contributed by atoms with van der Waals surface area (Å²) in [6.07, 6.45) is 5.53. The van der Waals surface area contributed by atoms with E-state index < -0.39 is 0 Å². The molecule has 1 fully saturated rings. The summed E-state index contributed by atoms with van der Waals surface area (Å²) in [6, 6.07) is 0. The van der Waals surface area contributed by atoms with Gasteiger partial charge in [0.1, 0.15) is 0 Å². The minimum Gasteiger partial charge on any atom is -0.310 e. The van der Waals surface area contributed by atoms with Gasteiger partial charge in [0.25, 0.3) is 0 Å². The van der Waals surface area contributed by atoms with Crippen LogP contribution in [-0.4, -0.2) is 50.6 Å². The first-order valence-electron chi connectivity index (χ1n) is 6.41. The quantitative estimate of drug-likeness (QED) is 0.664. The second-order valence-electron chi connectivity index (χ2n) is 4.47. The van der Waals surface area contributed by atoms with Gasteiger partial charge in [0.05, 0.1) is 0 Å². The second kappa shape index (κ2) is 13.9. The first-order chi connectivity index (χ1) is 7.08. The van der Waals surface area contributed by atoms with Crippen LogP contribution in [0.2, 0.25) is 0 Å². The molecule has 0 aromatic carbocycles. The topological polar surface area (TPSA) is 6.48 Å². The van der Waals surface area contributed by atoms with Gasteiger partial charge in [-0.05, 0) is 53.6 Å². The summed E-state index contributed by atoms with van der Waals surface area (Å²) < 4.78 is 0. The number of hydrogen-bond acceptors (Lipinski definition) is 2. The van der Waals surface area contributed by atoms with Gasteiger partial charge in [0, 0.05) is 0 Å². The van der Waals surface area contributed by atoms with Gasteiger partial charge >= 0.3 is 0 Å². The standard InChI is InChI=1S/C6H13N.C4H11N.C3H8/c1-7-5-3-2-4-6-7;1-4-5(2)3;1-3-2/h2-6H2,1H3;4H2,1-3H3;3H2,1-2H3. The van der Waals surface area contributed by atoms with Crippen LogP contribution in [-0.2, 0) is 0 Å². The zero-order chi connectivity index (χ0) is 12.1. The third-order valence-electron chi connectivity index (χ3n) is 2.21. The molecule has 1 rings (SSSR count). The van der Waals surface area contributed by atoms with Crippen LogP contribution in [0.5, 0.6) is 0 Å². The van der Waals surface area contributed by atoms with Crippen LogP contribution in [0.1, 0.15) is 46.5 Å². The Hall–Kier alpha value is -0.0800. The van der Waals surface area contributed by atoms with E-state index in [4.69, 9.17) is 0 Å². The van der Waals surface area contributed by atoms with Gasteiger partial charge in [0.2, 0.25) is 0 Å². The predicted octanol–water partition coefficient (Wildman–Crippen LogP) is 3.09. The van der Waals surface area contributed by atoms with E-state index >= 15 is 0 Å². The van der Waals surface area contributed by atoms with E-state index in [0.717, 1.165) is 6.54 Å². The molecule has 0 atom stereocenters. The van der Waals surface area contributed by atoms with Crippen LogP contribution in [0.25, 0.3) is 0 Å². The molecule has 0 saturated carbocycles. The monoisotopic (exact) mass is 216 g/mol. The van der Waals surface area contributed by atoms with E-state index in [-0.39, 0.29) is 0 Å². The smallest absolute Gasteiger partial charge is 0.00218 e. The number of piperidine rings is 1. The van der Waals surface area contributed by atoms with Crippen molar-refractivity contribution in [2.24, 2.45) is 0 Å². The Morgan fingerprint density at radius 2 is 1.27 bits per heavy atom. The molecule has 0 aliphatic carbocycles. The van der Waals surface area contributed by atoms with E-state index in [9.17, 15) is 0 Å². The van der Waals surface area contributed by atoms with Crippen LogP contribution >= 0.6 is 0 Å². The molecule has 1 aliphatic rings. The van der Waals surface area contributed by atoms with Crippen LogP contribution in [0.4, 0.5) is 0 Å². The van der Waals surface area contributed by atoms with Crippen molar-refractivity contribution in [1.29, 1.82) is 0 Å². The Morgan fingerprint density at radius 3 is 1.40 bits per heavy atom. The molecule has 0 unspecified atom stereocenters. The lowest BCUT2D eigenvalue weighted by Gasteiger charge is -2.20. The fourth-order valence-corrected chi connectivity index (χ4v) is 1.05. The highest BCUT2D eigenvalue weighted by Gasteiger charge is 2.02. The second-order valence-corrected chi connectivity index (χ2v) is 4.47. The van der Waals surface area contributed by atoms with Crippen molar-refractivity contribution in [3.05, 3.63) is 0 Å². The molecule has 0 aromatic rings. The Balaban J connectivity index is 0. The maximum Gasteiger partial charge on any atom is -0.00218 e. The van der Waals surface area contributed by atoms with Crippen LogP contribution < -0.4 is 0 Å². The van der Waals surface area contributed by atoms with Crippen molar-refractivity contribution in [1.82, 2.24) is 9.80 Å². The minimum atomic E-state index is 1.14. The van der Waals surface area contributed by atoms with Gasteiger partial charge in [-0.2, -0.15) is 0 Å². The molecule has 15 heavy (non-hydrogen) atoms. The first kappa shape index (κ1) is 17.3. The Morgan fingerprint density at radius 1 is 0.933 bits per heavy atom. The Labute approximate surface area is 97.6 Å². The van der Waals surface area contributed by atoms with Crippen LogP contribution in [0.15, 0.2) is 0 Å². The third-order valence-corrected chi connectivity index (χ3v) is 2.21. The Bertz CT molecular complexity index is 96.7. The molecule has 0 bridgehead atoms. The molecule has 0 radical (unpaired) electrons. The molecule has 94 valence electrons. The zero-order valence-electron chi connectivity index (χ0n) is 11.8. The van der Waals surface area contributed by atoms with Gasteiger partial charge in [-0.15, -0.1) is 0 Å². The summed E-state index contributed by atoms with van der Waals surface area (Å²) in [5.41, 5.74) is 0. The zero-order valence-corrected chi connectivity index (χ0v) is 11.8. The molecule has 1 heterocycles. The third kappa shape index (κ3) is 20.1. The summed E-state index contributed by atoms with van der Waals surface area (Å²) in [6.45, 7) is 10.2. The van der Waals surface area contributed by atoms with E-state index in [0.29, 0.717) is 0 Å². The minimum absolute atomic E-state index is 1.14. The van der Waals surface area contributed by atoms with E-state index in [1.807, 2.05) is 0 Å². The van der Waals surface area contributed by atoms with Gasteiger partial charge in [-0.3, -0.25) is 0 Å². The lowest BCUT2D eigenvalue weighted by atomic mass is 10.1. The maximum atomic E-state index is 2.39. The van der Waals surface area contributed by atoms with E-state index in [1.54, 1.807) is 0 Å². The fraction of sp³-hybridized carbons (Fsp3) is 1.00. The molecular formula is C13H32N2. The van der Waals surface area contributed by atoms with Crippen LogP contribution in [0.3, 0.4) is 0 Å². The lowest BCUT2D eigenvalue weighted by Crippen LogP contribution is -2.24. The van der Waals surface area contributed by atoms with Gasteiger partial charge in [0.15, 0.2) is 0 Å². The van der Waals surface area contributed by atoms with Crippen molar-refractivity contribution < 1.29 is 0 Å². The van der Waals surface area contributed by atoms with E-state index in [2.05, 4.69) is 51.7 Å². The van der Waals surface area contributed by atoms with E-state index in [1.165, 1.54) is 38.8 Å². The van der Waals surface area contributed by atoms with Crippen LogP contribution in [0, 0.1) is 0 Å². The Kier molecular flexibility index (Phi) is 16.1. The summed E-state index contributed by atoms with van der Waals surface area (Å²) in [4.78, 5) is 4.52. The summed E-state index contributed by atoms with van der Waals surface area (Å²) >= 11 is 0. The maximum absolute atomic E-state index is 2.39. The molecular weight excluding hydrogens is 184 g/mol. The largest absolute Gasteiger partial charge is 0.310 e. The number of likely N-dealkylation sites (tertiary alicyclic amines) is 1. The van der Waals surface area contributed by atoms with Crippen molar-refractivity contribution >= 4 is 0 Å². The number of rotatable bonds is 1. The molecule has 1 aliphatic heterocycles. The van der Waals surface area contributed by atoms with Crippen molar-refractivity contribution in [2.75, 3.05) is 40.8 Å². The predicted molar refractivity (Wildman–Crippen MR) is 71.5 cm³/mol. The first-order valence-corrected chi connectivity index (χ1v) is 6.41. The molecule has 1 saturated heterocycles. The average Bonchev–Trinajstić information content (AvgIpc) is 2.21. The van der Waals surface area contributed by atoms with Gasteiger partial charge in [-0.1, -0.05) is 33.6 Å².